The Hall–Kier alpha value is -5.84. The first-order valence-electron chi connectivity index (χ1n) is 13.2. The molecule has 0 N–H and O–H groups in total. The largest absolute Gasteiger partial charge is 0.497 e. The van der Waals surface area contributed by atoms with Gasteiger partial charge in [-0.3, -0.25) is 0 Å². The van der Waals surface area contributed by atoms with Crippen molar-refractivity contribution in [3.8, 4) is 11.8 Å². The third-order valence-corrected chi connectivity index (χ3v) is 7.23. The fraction of sp³-hybridized carbons (Fsp3) is 0.0270. The lowest BCUT2D eigenvalue weighted by Crippen LogP contribution is -2.09. The molecule has 0 spiro atoms. The first kappa shape index (κ1) is 25.4. The SMILES string of the molecule is [C-]#[N+]c1c2ccccc2c(C#N)c2cccc(/C=C/c3ccc(N(c4ccccc4)c4ccc(OC)cc4)cc3)c12. The molecule has 0 saturated heterocycles. The van der Waals surface area contributed by atoms with Crippen LogP contribution in [0.2, 0.25) is 0 Å². The van der Waals surface area contributed by atoms with Crippen molar-refractivity contribution in [1.29, 1.82) is 5.26 Å². The van der Waals surface area contributed by atoms with E-state index in [4.69, 9.17) is 11.3 Å². The van der Waals surface area contributed by atoms with Crippen LogP contribution in [0.15, 0.2) is 121 Å². The molecule has 0 aromatic heterocycles. The van der Waals surface area contributed by atoms with Crippen LogP contribution in [-0.2, 0) is 0 Å². The van der Waals surface area contributed by atoms with Gasteiger partial charge in [-0.25, -0.2) is 4.85 Å². The Bertz CT molecular complexity index is 1980. The summed E-state index contributed by atoms with van der Waals surface area (Å²) in [5.41, 5.74) is 6.23. The molecule has 0 bridgehead atoms. The topological polar surface area (TPSA) is 40.6 Å². The highest BCUT2D eigenvalue weighted by molar-refractivity contribution is 6.17. The highest BCUT2D eigenvalue weighted by Crippen LogP contribution is 2.41. The van der Waals surface area contributed by atoms with Gasteiger partial charge in [0.1, 0.15) is 11.8 Å². The molecule has 6 aromatic carbocycles. The maximum atomic E-state index is 10.0. The number of hydrogen-bond donors (Lipinski definition) is 0. The number of hydrogen-bond acceptors (Lipinski definition) is 3. The van der Waals surface area contributed by atoms with E-state index in [0.29, 0.717) is 11.3 Å². The Labute approximate surface area is 239 Å². The normalized spacial score (nSPS) is 10.9. The maximum Gasteiger partial charge on any atom is 0.203 e. The molecular formula is C37H25N3O. The van der Waals surface area contributed by atoms with Crippen LogP contribution in [0.3, 0.4) is 0 Å². The third kappa shape index (κ3) is 4.76. The summed E-state index contributed by atoms with van der Waals surface area (Å²) in [5, 5.41) is 13.2. The molecule has 0 unspecified atom stereocenters. The number of fused-ring (bicyclic) bond motifs is 2. The minimum absolute atomic E-state index is 0.572. The lowest BCUT2D eigenvalue weighted by Gasteiger charge is -2.25. The molecule has 0 atom stereocenters. The summed E-state index contributed by atoms with van der Waals surface area (Å²) in [6.45, 7) is 7.96. The zero-order valence-electron chi connectivity index (χ0n) is 22.5. The standard InChI is InChI=1S/C37H25N3O/c1-39-37-34-13-7-6-12-32(34)35(25-38)33-14-8-9-27(36(33)37)18-15-26-16-19-29(20-17-26)40(28-10-4-3-5-11-28)30-21-23-31(41-2)24-22-30/h3-24H,2H3/b18-15+. The van der Waals surface area contributed by atoms with Crippen molar-refractivity contribution in [3.63, 3.8) is 0 Å². The Balaban J connectivity index is 1.39. The summed E-state index contributed by atoms with van der Waals surface area (Å²) in [6.07, 6.45) is 4.08. The average molecular weight is 528 g/mol. The summed E-state index contributed by atoms with van der Waals surface area (Å²) in [6, 6.07) is 42.6. The lowest BCUT2D eigenvalue weighted by molar-refractivity contribution is 0.415. The molecule has 0 fully saturated rings. The van der Waals surface area contributed by atoms with Crippen LogP contribution in [0.1, 0.15) is 16.7 Å². The van der Waals surface area contributed by atoms with Crippen LogP contribution in [0.5, 0.6) is 5.75 Å². The highest BCUT2D eigenvalue weighted by Gasteiger charge is 2.16. The quantitative estimate of drug-likeness (QED) is 0.123. The molecule has 41 heavy (non-hydrogen) atoms. The summed E-state index contributed by atoms with van der Waals surface area (Å²) in [5.74, 6) is 0.812. The fourth-order valence-corrected chi connectivity index (χ4v) is 5.28. The van der Waals surface area contributed by atoms with E-state index in [0.717, 1.165) is 55.5 Å². The number of para-hydroxylation sites is 1. The van der Waals surface area contributed by atoms with E-state index in [2.05, 4.69) is 52.2 Å². The van der Waals surface area contributed by atoms with E-state index < -0.39 is 0 Å². The van der Waals surface area contributed by atoms with Crippen molar-refractivity contribution in [3.05, 3.63) is 149 Å². The number of anilines is 3. The molecule has 0 heterocycles. The Morgan fingerprint density at radius 2 is 1.29 bits per heavy atom. The zero-order chi connectivity index (χ0) is 28.2. The van der Waals surface area contributed by atoms with Gasteiger partial charge in [0, 0.05) is 17.1 Å². The van der Waals surface area contributed by atoms with Gasteiger partial charge in [-0.05, 0) is 81.2 Å². The molecule has 6 aromatic rings. The van der Waals surface area contributed by atoms with Crippen molar-refractivity contribution in [2.75, 3.05) is 12.0 Å². The van der Waals surface area contributed by atoms with Crippen LogP contribution in [0.25, 0.3) is 38.5 Å². The second-order valence-corrected chi connectivity index (χ2v) is 9.56. The summed E-state index contributed by atoms with van der Waals surface area (Å²) >= 11 is 0. The van der Waals surface area contributed by atoms with E-state index in [1.807, 2.05) is 97.1 Å². The molecule has 4 nitrogen and oxygen atoms in total. The van der Waals surface area contributed by atoms with Crippen LogP contribution in [0.4, 0.5) is 22.7 Å². The molecule has 6 rings (SSSR count). The predicted molar refractivity (Wildman–Crippen MR) is 169 cm³/mol. The van der Waals surface area contributed by atoms with E-state index in [-0.39, 0.29) is 0 Å². The van der Waals surface area contributed by atoms with Gasteiger partial charge in [0.25, 0.3) is 0 Å². The van der Waals surface area contributed by atoms with Gasteiger partial charge in [0.05, 0.1) is 19.2 Å². The van der Waals surface area contributed by atoms with Crippen molar-refractivity contribution >= 4 is 56.4 Å². The fourth-order valence-electron chi connectivity index (χ4n) is 5.28. The van der Waals surface area contributed by atoms with Crippen molar-refractivity contribution in [2.45, 2.75) is 0 Å². The van der Waals surface area contributed by atoms with Gasteiger partial charge >= 0.3 is 0 Å². The molecule has 0 aliphatic heterocycles. The first-order valence-corrected chi connectivity index (χ1v) is 13.2. The van der Waals surface area contributed by atoms with E-state index in [1.54, 1.807) is 7.11 Å². The Morgan fingerprint density at radius 1 is 0.683 bits per heavy atom. The zero-order valence-corrected chi connectivity index (χ0v) is 22.5. The predicted octanol–water partition coefficient (Wildman–Crippen LogP) is 10.1. The molecular weight excluding hydrogens is 502 g/mol. The highest BCUT2D eigenvalue weighted by atomic mass is 16.5. The average Bonchev–Trinajstić information content (AvgIpc) is 3.04. The lowest BCUT2D eigenvalue weighted by atomic mass is 9.92. The van der Waals surface area contributed by atoms with Crippen LogP contribution in [0, 0.1) is 17.9 Å². The van der Waals surface area contributed by atoms with Crippen molar-refractivity contribution in [2.24, 2.45) is 0 Å². The molecule has 4 heteroatoms. The molecule has 0 aliphatic carbocycles. The van der Waals surface area contributed by atoms with Gasteiger partial charge < -0.3 is 9.64 Å². The minimum Gasteiger partial charge on any atom is -0.497 e. The van der Waals surface area contributed by atoms with Crippen LogP contribution in [-0.4, -0.2) is 7.11 Å². The number of ether oxygens (including phenoxy) is 1. The number of benzene rings is 6. The third-order valence-electron chi connectivity index (χ3n) is 7.23. The second kappa shape index (κ2) is 11.1. The second-order valence-electron chi connectivity index (χ2n) is 9.56. The Kier molecular flexibility index (Phi) is 6.89. The summed E-state index contributed by atoms with van der Waals surface area (Å²) in [7, 11) is 1.67. The van der Waals surface area contributed by atoms with Crippen LogP contribution < -0.4 is 9.64 Å². The maximum absolute atomic E-state index is 10.0. The van der Waals surface area contributed by atoms with Crippen LogP contribution >= 0.6 is 0 Å². The number of nitrogens with zero attached hydrogens (tertiary/aromatic N) is 3. The number of rotatable bonds is 6. The number of methoxy groups -OCH3 is 1. The molecule has 0 radical (unpaired) electrons. The smallest absolute Gasteiger partial charge is 0.203 e. The molecule has 0 amide bonds. The first-order chi connectivity index (χ1) is 20.2. The minimum atomic E-state index is 0.572. The molecule has 0 saturated carbocycles. The van der Waals surface area contributed by atoms with E-state index in [9.17, 15) is 5.26 Å². The van der Waals surface area contributed by atoms with E-state index in [1.165, 1.54) is 0 Å². The van der Waals surface area contributed by atoms with Gasteiger partial charge in [-0.2, -0.15) is 5.26 Å². The van der Waals surface area contributed by atoms with Crippen molar-refractivity contribution in [1.82, 2.24) is 0 Å². The van der Waals surface area contributed by atoms with E-state index >= 15 is 0 Å². The van der Waals surface area contributed by atoms with Gasteiger partial charge in [-0.1, -0.05) is 84.9 Å². The van der Waals surface area contributed by atoms with Gasteiger partial charge in [-0.15, -0.1) is 0 Å². The number of nitriles is 1. The summed E-state index contributed by atoms with van der Waals surface area (Å²) < 4.78 is 5.36. The van der Waals surface area contributed by atoms with Gasteiger partial charge in [0.2, 0.25) is 5.69 Å². The monoisotopic (exact) mass is 527 g/mol. The molecule has 0 aliphatic rings. The molecule has 194 valence electrons. The van der Waals surface area contributed by atoms with Gasteiger partial charge in [0.15, 0.2) is 0 Å². The van der Waals surface area contributed by atoms with Crippen molar-refractivity contribution < 1.29 is 4.74 Å². The Morgan fingerprint density at radius 3 is 1.95 bits per heavy atom. The summed E-state index contributed by atoms with van der Waals surface area (Å²) in [4.78, 5) is 6.11.